The predicted molar refractivity (Wildman–Crippen MR) is 115 cm³/mol. The Kier molecular flexibility index (Phi) is 9.61. The Hall–Kier alpha value is -1.87. The van der Waals surface area contributed by atoms with Gasteiger partial charge in [-0.2, -0.15) is 26.3 Å². The van der Waals surface area contributed by atoms with Crippen LogP contribution in [-0.4, -0.2) is 12.1 Å². The Labute approximate surface area is 202 Å². The van der Waals surface area contributed by atoms with Gasteiger partial charge in [0.15, 0.2) is 0 Å². The van der Waals surface area contributed by atoms with Gasteiger partial charge in [-0.1, -0.05) is 17.9 Å². The van der Waals surface area contributed by atoms with Crippen LogP contribution in [-0.2, 0) is 34.3 Å². The van der Waals surface area contributed by atoms with Gasteiger partial charge in [0.05, 0.1) is 30.4 Å². The summed E-state index contributed by atoms with van der Waals surface area (Å²) in [5.41, 5.74) is 1.65. The second kappa shape index (κ2) is 11.5. The summed E-state index contributed by atoms with van der Waals surface area (Å²) in [5, 5.41) is 0. The summed E-state index contributed by atoms with van der Waals surface area (Å²) in [6, 6.07) is 5.62. The maximum atomic E-state index is 13.0. The monoisotopic (exact) mass is 541 g/mol. The summed E-state index contributed by atoms with van der Waals surface area (Å²) in [7, 11) is -5.10. The van der Waals surface area contributed by atoms with Crippen LogP contribution in [0.15, 0.2) is 30.3 Å². The first-order valence-electron chi connectivity index (χ1n) is 10.3. The second-order valence-electron chi connectivity index (χ2n) is 8.17. The minimum atomic E-state index is -5.11. The maximum absolute atomic E-state index is 13.0. The number of aryl methyl sites for hydroxylation is 2. The maximum Gasteiger partial charge on any atom is 0.417 e. The minimum Gasteiger partial charge on any atom is -0.790 e. The van der Waals surface area contributed by atoms with Crippen molar-refractivity contribution in [1.29, 1.82) is 0 Å². The van der Waals surface area contributed by atoms with Gasteiger partial charge in [0, 0.05) is 16.8 Å². The normalized spacial score (nSPS) is 14.3. The summed E-state index contributed by atoms with van der Waals surface area (Å²) < 4.78 is 92.4. The minimum absolute atomic E-state index is 0.141. The third-order valence-electron chi connectivity index (χ3n) is 4.83. The molecule has 35 heavy (non-hydrogen) atoms. The van der Waals surface area contributed by atoms with E-state index in [9.17, 15) is 40.7 Å². The van der Waals surface area contributed by atoms with Crippen molar-refractivity contribution in [3.05, 3.63) is 56.8 Å². The number of benzene rings is 1. The van der Waals surface area contributed by atoms with Gasteiger partial charge < -0.3 is 24.6 Å². The molecule has 1 atom stereocenters. The largest absolute Gasteiger partial charge is 0.790 e. The Morgan fingerprint density at radius 3 is 2.29 bits per heavy atom. The van der Waals surface area contributed by atoms with Gasteiger partial charge in [-0.25, -0.2) is 0 Å². The first-order chi connectivity index (χ1) is 16.0. The van der Waals surface area contributed by atoms with Gasteiger partial charge in [0.25, 0.3) is 0 Å². The van der Waals surface area contributed by atoms with E-state index in [1.165, 1.54) is 11.3 Å². The van der Waals surface area contributed by atoms with Crippen molar-refractivity contribution in [1.82, 2.24) is 0 Å². The van der Waals surface area contributed by atoms with E-state index in [-0.39, 0.29) is 12.0 Å². The van der Waals surface area contributed by atoms with Gasteiger partial charge in [-0.3, -0.25) is 0 Å². The van der Waals surface area contributed by atoms with E-state index in [2.05, 4.69) is 16.4 Å². The van der Waals surface area contributed by atoms with E-state index in [0.717, 1.165) is 15.8 Å². The number of phosphoric acid groups is 1. The van der Waals surface area contributed by atoms with Crippen molar-refractivity contribution in [2.24, 2.45) is 5.73 Å². The second-order valence-corrected chi connectivity index (χ2v) is 10.5. The highest BCUT2D eigenvalue weighted by Crippen LogP contribution is 2.40. The highest BCUT2D eigenvalue weighted by atomic mass is 32.1. The van der Waals surface area contributed by atoms with Crippen molar-refractivity contribution in [2.45, 2.75) is 56.9 Å². The number of unbranched alkanes of at least 4 members (excludes halogenated alkanes) is 1. The Balaban J connectivity index is 1.88. The zero-order valence-electron chi connectivity index (χ0n) is 18.5. The lowest BCUT2D eigenvalue weighted by atomic mass is 9.98. The molecule has 0 amide bonds. The van der Waals surface area contributed by atoms with Crippen molar-refractivity contribution in [2.75, 3.05) is 6.61 Å². The molecule has 13 heteroatoms. The van der Waals surface area contributed by atoms with Crippen molar-refractivity contribution >= 4 is 19.2 Å². The molecule has 0 spiro atoms. The van der Waals surface area contributed by atoms with E-state index in [1.54, 1.807) is 13.0 Å². The summed E-state index contributed by atoms with van der Waals surface area (Å²) in [6.07, 6.45) is -8.51. The number of thiophene rings is 1. The molecule has 194 valence electrons. The fourth-order valence-electron chi connectivity index (χ4n) is 3.05. The number of hydrogen-bond acceptors (Lipinski definition) is 6. The molecule has 1 aromatic carbocycles. The van der Waals surface area contributed by atoms with E-state index < -0.39 is 43.4 Å². The lowest BCUT2D eigenvalue weighted by Crippen LogP contribution is -2.42. The van der Waals surface area contributed by atoms with Crippen molar-refractivity contribution in [3.63, 3.8) is 0 Å². The number of halogens is 6. The highest BCUT2D eigenvalue weighted by Gasteiger charge is 2.42. The molecule has 0 aliphatic carbocycles. The van der Waals surface area contributed by atoms with Crippen LogP contribution in [0.2, 0.25) is 0 Å². The molecule has 0 saturated carbocycles. The Bertz CT molecular complexity index is 1110. The fraction of sp³-hybridized carbons (Fsp3) is 0.455. The molecule has 5 nitrogen and oxygen atoms in total. The van der Waals surface area contributed by atoms with E-state index >= 15 is 0 Å². The third kappa shape index (κ3) is 10.3. The van der Waals surface area contributed by atoms with Crippen molar-refractivity contribution in [3.8, 4) is 11.8 Å². The molecule has 0 bridgehead atoms. The Morgan fingerprint density at radius 2 is 1.69 bits per heavy atom. The van der Waals surface area contributed by atoms with Crippen LogP contribution in [0.4, 0.5) is 26.3 Å². The number of hydrogen-bond donors (Lipinski definition) is 1. The highest BCUT2D eigenvalue weighted by molar-refractivity contribution is 7.43. The molecule has 2 aromatic rings. The van der Waals surface area contributed by atoms with E-state index in [4.69, 9.17) is 5.73 Å². The average molecular weight is 541 g/mol. The zero-order valence-corrected chi connectivity index (χ0v) is 20.2. The first-order valence-corrected chi connectivity index (χ1v) is 12.5. The van der Waals surface area contributed by atoms with E-state index in [1.807, 2.05) is 6.07 Å². The topological polar surface area (TPSA) is 98.4 Å². The lowest BCUT2D eigenvalue weighted by molar-refractivity contribution is -0.342. The summed E-state index contributed by atoms with van der Waals surface area (Å²) in [6.45, 7) is 1.13. The molecule has 0 radical (unpaired) electrons. The van der Waals surface area contributed by atoms with Crippen LogP contribution in [0.3, 0.4) is 0 Å². The number of rotatable bonds is 9. The molecule has 1 unspecified atom stereocenters. The van der Waals surface area contributed by atoms with Crippen LogP contribution in [0.1, 0.15) is 52.6 Å². The van der Waals surface area contributed by atoms with Gasteiger partial charge in [-0.05, 0) is 62.4 Å². The molecule has 2 N–H and O–H groups in total. The number of alkyl halides is 6. The van der Waals surface area contributed by atoms with Crippen LogP contribution in [0.5, 0.6) is 0 Å². The lowest BCUT2D eigenvalue weighted by Gasteiger charge is -2.33. The average Bonchev–Trinajstić information content (AvgIpc) is 3.17. The van der Waals surface area contributed by atoms with Crippen LogP contribution in [0, 0.1) is 11.8 Å². The SMILES string of the molecule is CC(N)(CCc1ccc(C#CCCCc2ccc(C(F)(F)F)c(C(F)(F)F)c2)s1)COP(=O)([O-])[O-]. The Morgan fingerprint density at radius 1 is 1.03 bits per heavy atom. The fourth-order valence-corrected chi connectivity index (χ4v) is 4.38. The van der Waals surface area contributed by atoms with Crippen LogP contribution >= 0.6 is 19.2 Å². The zero-order chi connectivity index (χ0) is 26.5. The number of phosphoric ester groups is 1. The molecule has 2 rings (SSSR count). The first kappa shape index (κ1) is 29.4. The van der Waals surface area contributed by atoms with Crippen molar-refractivity contribution < 1.29 is 45.2 Å². The van der Waals surface area contributed by atoms with Gasteiger partial charge in [0.1, 0.15) is 0 Å². The smallest absolute Gasteiger partial charge is 0.417 e. The summed E-state index contributed by atoms with van der Waals surface area (Å²) >= 11 is 1.38. The molecule has 0 fully saturated rings. The molecule has 1 heterocycles. The molecule has 0 aliphatic heterocycles. The predicted octanol–water partition coefficient (Wildman–Crippen LogP) is 4.66. The van der Waals surface area contributed by atoms with Gasteiger partial charge in [0.2, 0.25) is 0 Å². The molecular weight excluding hydrogens is 519 g/mol. The molecule has 0 aliphatic rings. The molecule has 1 aromatic heterocycles. The van der Waals surface area contributed by atoms with Crippen LogP contribution in [0.25, 0.3) is 0 Å². The number of nitrogens with two attached hydrogens (primary N) is 1. The summed E-state index contributed by atoms with van der Waals surface area (Å²) in [5.74, 6) is 5.81. The van der Waals surface area contributed by atoms with Gasteiger partial charge in [-0.15, -0.1) is 11.3 Å². The standard InChI is InChI=1S/C22H24F6NO4PS/c1-20(29,14-33-34(30,31)32)12-11-17-9-8-16(35-17)6-4-2-3-5-15-7-10-18(21(23,24)25)19(13-15)22(26,27)28/h7-10,13H,2-3,5,11-12,14,29H2,1H3,(H2,30,31,32)/p-2. The summed E-state index contributed by atoms with van der Waals surface area (Å²) in [4.78, 5) is 22.8. The van der Waals surface area contributed by atoms with Gasteiger partial charge >= 0.3 is 12.4 Å². The molecule has 0 saturated heterocycles. The third-order valence-corrected chi connectivity index (χ3v) is 6.34. The molecular formula is C22H22F6NO4PS-2. The van der Waals surface area contributed by atoms with Crippen LogP contribution < -0.4 is 15.5 Å². The van der Waals surface area contributed by atoms with E-state index in [0.29, 0.717) is 37.8 Å². The quantitative estimate of drug-likeness (QED) is 0.216.